The van der Waals surface area contributed by atoms with Gasteiger partial charge in [-0.25, -0.2) is 4.57 Å². The zero-order valence-corrected chi connectivity index (χ0v) is 6.87. The van der Waals surface area contributed by atoms with E-state index >= 15 is 0 Å². The molecular weight excluding hydrogens is 147 g/mol. The third-order valence-corrected chi connectivity index (χ3v) is 6.42. The second-order valence-corrected chi connectivity index (χ2v) is 11.5. The summed E-state index contributed by atoms with van der Waals surface area (Å²) in [6.45, 7) is -3.77. The van der Waals surface area contributed by atoms with Crippen LogP contribution in [0.1, 0.15) is 0 Å². The quantitative estimate of drug-likeness (QED) is 0.554. The van der Waals surface area contributed by atoms with Crippen molar-refractivity contribution >= 4 is 16.4 Å². The van der Waals surface area contributed by atoms with Crippen LogP contribution in [0, 0.1) is 0 Å². The molecule has 3 nitrogen and oxygen atoms in total. The van der Waals surface area contributed by atoms with Crippen LogP contribution in [0.25, 0.3) is 0 Å². The predicted octanol–water partition coefficient (Wildman–Crippen LogP) is 0.773. The monoisotopic (exact) mass is 158 g/mol. The van der Waals surface area contributed by atoms with Gasteiger partial charge >= 0.3 is 6.80 Å². The minimum Gasteiger partial charge on any atom is -0.318 e. The first kappa shape index (κ1) is 8.50. The van der Waals surface area contributed by atoms with E-state index in [0.717, 1.165) is 0 Å². The van der Waals surface area contributed by atoms with Crippen LogP contribution in [0.2, 0.25) is 0 Å². The van der Waals surface area contributed by atoms with Gasteiger partial charge in [0.15, 0.2) is 0 Å². The van der Waals surface area contributed by atoms with Crippen molar-refractivity contribution in [3.8, 4) is 0 Å². The SMILES string of the molecule is CS(C)(C)P(=O)(O)O. The van der Waals surface area contributed by atoms with Crippen molar-refractivity contribution < 1.29 is 14.4 Å². The molecule has 0 amide bonds. The van der Waals surface area contributed by atoms with Gasteiger partial charge in [0.1, 0.15) is 0 Å². The minimum absolute atomic E-state index is 1.59. The molecule has 0 aliphatic heterocycles. The Balaban J connectivity index is 4.26. The van der Waals surface area contributed by atoms with Crippen molar-refractivity contribution in [1.29, 1.82) is 0 Å². The first-order chi connectivity index (χ1) is 3.25. The zero-order valence-electron chi connectivity index (χ0n) is 5.16. The molecule has 0 unspecified atom stereocenters. The molecule has 52 valence electrons. The first-order valence-electron chi connectivity index (χ1n) is 1.99. The third-order valence-electron chi connectivity index (χ3n) is 0.714. The molecule has 0 radical (unpaired) electrons. The fraction of sp³-hybridized carbons (Fsp3) is 1.00. The fourth-order valence-corrected chi connectivity index (χ4v) is 0. The van der Waals surface area contributed by atoms with Crippen LogP contribution in [-0.2, 0) is 4.57 Å². The molecule has 0 heterocycles. The number of rotatable bonds is 1. The summed E-state index contributed by atoms with van der Waals surface area (Å²) in [7, 11) is -1.67. The summed E-state index contributed by atoms with van der Waals surface area (Å²) >= 11 is 0. The van der Waals surface area contributed by atoms with E-state index in [1.54, 1.807) is 18.8 Å². The lowest BCUT2D eigenvalue weighted by Gasteiger charge is -2.25. The lowest BCUT2D eigenvalue weighted by Crippen LogP contribution is -1.91. The van der Waals surface area contributed by atoms with Gasteiger partial charge in [-0.15, -0.1) is 0 Å². The zero-order chi connectivity index (χ0) is 7.00. The molecule has 0 aromatic heterocycles. The third kappa shape index (κ3) is 2.18. The Morgan fingerprint density at radius 3 is 1.38 bits per heavy atom. The van der Waals surface area contributed by atoms with E-state index in [1.807, 2.05) is 0 Å². The van der Waals surface area contributed by atoms with Crippen LogP contribution in [0.3, 0.4) is 0 Å². The molecule has 0 aliphatic carbocycles. The average Bonchev–Trinajstić information content (AvgIpc) is 1.25. The van der Waals surface area contributed by atoms with Crippen molar-refractivity contribution in [2.24, 2.45) is 0 Å². The predicted molar refractivity (Wildman–Crippen MR) is 37.4 cm³/mol. The standard InChI is InChI=1S/C3H11O3PS/c1-8(2,3)7(4,5)6/h1-3H3,(H2,4,5,6). The van der Waals surface area contributed by atoms with Crippen LogP contribution < -0.4 is 0 Å². The highest BCUT2D eigenvalue weighted by atomic mass is 32.8. The highest BCUT2D eigenvalue weighted by molar-refractivity contribution is 8.75. The largest absolute Gasteiger partial charge is 0.366 e. The lowest BCUT2D eigenvalue weighted by molar-refractivity contribution is 0.396. The van der Waals surface area contributed by atoms with Gasteiger partial charge in [-0.1, -0.05) is 0 Å². The van der Waals surface area contributed by atoms with E-state index in [1.165, 1.54) is 0 Å². The molecule has 2 N–H and O–H groups in total. The van der Waals surface area contributed by atoms with Gasteiger partial charge in [-0.3, -0.25) is 0 Å². The number of hydrogen-bond acceptors (Lipinski definition) is 1. The Kier molecular flexibility index (Phi) is 2.15. The van der Waals surface area contributed by atoms with E-state index < -0.39 is 16.4 Å². The summed E-state index contributed by atoms with van der Waals surface area (Å²) in [6, 6.07) is 0. The molecule has 0 aromatic carbocycles. The normalized spacial score (nSPS) is 16.1. The van der Waals surface area contributed by atoms with Crippen LogP contribution >= 0.6 is 16.4 Å². The topological polar surface area (TPSA) is 57.5 Å². The molecule has 0 spiro atoms. The Bertz CT molecular complexity index is 121. The van der Waals surface area contributed by atoms with Crippen LogP contribution in [-0.4, -0.2) is 28.6 Å². The summed E-state index contributed by atoms with van der Waals surface area (Å²) in [5, 5.41) is 0. The summed E-state index contributed by atoms with van der Waals surface area (Å²) in [5.41, 5.74) is 0. The van der Waals surface area contributed by atoms with Crippen molar-refractivity contribution in [3.05, 3.63) is 0 Å². The van der Waals surface area contributed by atoms with E-state index in [2.05, 4.69) is 0 Å². The molecule has 0 bridgehead atoms. The Hall–Kier alpha value is 0.500. The van der Waals surface area contributed by atoms with Gasteiger partial charge in [0.25, 0.3) is 0 Å². The first-order valence-corrected chi connectivity index (χ1v) is 7.07. The molecule has 0 rings (SSSR count). The Labute approximate surface area is 50.3 Å². The summed E-state index contributed by atoms with van der Waals surface area (Å²) in [6.07, 6.45) is 4.77. The molecule has 0 saturated carbocycles. The van der Waals surface area contributed by atoms with Crippen molar-refractivity contribution in [1.82, 2.24) is 0 Å². The average molecular weight is 158 g/mol. The second-order valence-electron chi connectivity index (χ2n) is 2.26. The molecule has 8 heavy (non-hydrogen) atoms. The van der Waals surface area contributed by atoms with Crippen LogP contribution in [0.15, 0.2) is 0 Å². The highest BCUT2D eigenvalue weighted by Crippen LogP contribution is 2.70. The van der Waals surface area contributed by atoms with Gasteiger partial charge in [-0.2, -0.15) is 9.65 Å². The molecule has 0 fully saturated rings. The van der Waals surface area contributed by atoms with E-state index in [9.17, 15) is 4.57 Å². The highest BCUT2D eigenvalue weighted by Gasteiger charge is 2.26. The molecule has 5 heteroatoms. The van der Waals surface area contributed by atoms with Gasteiger partial charge in [-0.05, 0) is 18.8 Å². The Morgan fingerprint density at radius 1 is 1.25 bits per heavy atom. The van der Waals surface area contributed by atoms with E-state index in [4.69, 9.17) is 9.79 Å². The molecule has 0 aliphatic rings. The van der Waals surface area contributed by atoms with Crippen LogP contribution in [0.4, 0.5) is 0 Å². The number of hydrogen-bond donors (Lipinski definition) is 2. The van der Waals surface area contributed by atoms with Gasteiger partial charge in [0.05, 0.1) is 0 Å². The maximum absolute atomic E-state index is 10.4. The smallest absolute Gasteiger partial charge is 0.318 e. The molecule has 0 atom stereocenters. The second kappa shape index (κ2) is 2.03. The summed E-state index contributed by atoms with van der Waals surface area (Å²) in [5.74, 6) is 0. The van der Waals surface area contributed by atoms with Crippen molar-refractivity contribution in [2.45, 2.75) is 0 Å². The van der Waals surface area contributed by atoms with Crippen LogP contribution in [0.5, 0.6) is 0 Å². The van der Waals surface area contributed by atoms with Gasteiger partial charge in [0, 0.05) is 0 Å². The molecule has 0 aromatic rings. The van der Waals surface area contributed by atoms with Gasteiger partial charge in [0.2, 0.25) is 0 Å². The van der Waals surface area contributed by atoms with Crippen molar-refractivity contribution in [2.75, 3.05) is 18.8 Å². The summed E-state index contributed by atoms with van der Waals surface area (Å²) in [4.78, 5) is 17.0. The van der Waals surface area contributed by atoms with E-state index in [-0.39, 0.29) is 0 Å². The van der Waals surface area contributed by atoms with Crippen molar-refractivity contribution in [3.63, 3.8) is 0 Å². The fourth-order valence-electron chi connectivity index (χ4n) is 0. The molecule has 0 saturated heterocycles. The Morgan fingerprint density at radius 2 is 1.38 bits per heavy atom. The van der Waals surface area contributed by atoms with Gasteiger partial charge < -0.3 is 9.79 Å². The minimum atomic E-state index is -3.77. The summed E-state index contributed by atoms with van der Waals surface area (Å²) < 4.78 is 10.4. The molecular formula is C3H11O3PS. The maximum atomic E-state index is 10.4. The van der Waals surface area contributed by atoms with E-state index in [0.29, 0.717) is 0 Å². The maximum Gasteiger partial charge on any atom is 0.366 e. The lowest BCUT2D eigenvalue weighted by atomic mass is 11.9.